The van der Waals surface area contributed by atoms with Gasteiger partial charge in [0.25, 0.3) is 0 Å². The number of hydrogen-bond acceptors (Lipinski definition) is 0. The number of benzene rings is 4. The van der Waals surface area contributed by atoms with E-state index in [1.807, 2.05) is 0 Å². The molecule has 0 saturated carbocycles. The molecule has 0 saturated heterocycles. The van der Waals surface area contributed by atoms with Crippen molar-refractivity contribution in [3.63, 3.8) is 0 Å². The summed E-state index contributed by atoms with van der Waals surface area (Å²) in [5, 5.41) is 2.58. The fraction of sp³-hybridized carbons (Fsp3) is 0.0645. The number of aromatic nitrogens is 2. The van der Waals surface area contributed by atoms with E-state index in [-0.39, 0.29) is 0 Å². The Morgan fingerprint density at radius 2 is 1.21 bits per heavy atom. The molecule has 0 bridgehead atoms. The lowest BCUT2D eigenvalue weighted by Gasteiger charge is -2.11. The van der Waals surface area contributed by atoms with Gasteiger partial charge in [-0.1, -0.05) is 60.7 Å². The minimum atomic E-state index is 1.18. The smallest absolute Gasteiger partial charge is 0.212 e. The van der Waals surface area contributed by atoms with E-state index in [0.717, 1.165) is 0 Å². The average Bonchev–Trinajstić information content (AvgIpc) is 3.20. The third-order valence-corrected chi connectivity index (χ3v) is 6.61. The summed E-state index contributed by atoms with van der Waals surface area (Å²) in [6.45, 7) is 2.18. The monoisotopic (exact) mass is 425 g/mol. The Balaban J connectivity index is 1.46. The lowest BCUT2D eigenvalue weighted by atomic mass is 9.97. The number of fused-ring (bicyclic) bond motifs is 3. The first kappa shape index (κ1) is 19.5. The van der Waals surface area contributed by atoms with Gasteiger partial charge in [-0.3, -0.25) is 0 Å². The second-order valence-corrected chi connectivity index (χ2v) is 8.64. The number of para-hydroxylation sites is 2. The van der Waals surface area contributed by atoms with Crippen LogP contribution in [0.2, 0.25) is 0 Å². The van der Waals surface area contributed by atoms with E-state index in [1.165, 1.54) is 55.4 Å². The van der Waals surface area contributed by atoms with E-state index in [2.05, 4.69) is 138 Å². The van der Waals surface area contributed by atoms with Crippen molar-refractivity contribution < 1.29 is 4.57 Å². The van der Waals surface area contributed by atoms with E-state index in [9.17, 15) is 0 Å². The van der Waals surface area contributed by atoms with Gasteiger partial charge in [0.1, 0.15) is 7.05 Å². The van der Waals surface area contributed by atoms with Gasteiger partial charge < -0.3 is 4.57 Å². The molecule has 0 N–H and O–H groups in total. The highest BCUT2D eigenvalue weighted by molar-refractivity contribution is 6.09. The van der Waals surface area contributed by atoms with Crippen LogP contribution in [0.25, 0.3) is 49.9 Å². The van der Waals surface area contributed by atoms with E-state index in [1.54, 1.807) is 0 Å². The van der Waals surface area contributed by atoms with Gasteiger partial charge in [-0.2, -0.15) is 0 Å². The number of nitrogens with zero attached hydrogens (tertiary/aromatic N) is 2. The van der Waals surface area contributed by atoms with Crippen molar-refractivity contribution in [3.05, 3.63) is 121 Å². The first-order valence-electron chi connectivity index (χ1n) is 11.4. The van der Waals surface area contributed by atoms with Crippen LogP contribution in [0.4, 0.5) is 0 Å². The predicted molar refractivity (Wildman–Crippen MR) is 138 cm³/mol. The van der Waals surface area contributed by atoms with E-state index in [4.69, 9.17) is 0 Å². The van der Waals surface area contributed by atoms with Crippen molar-refractivity contribution in [1.29, 1.82) is 0 Å². The molecule has 0 fully saturated rings. The molecule has 0 aliphatic carbocycles. The Morgan fingerprint density at radius 1 is 0.606 bits per heavy atom. The highest BCUT2D eigenvalue weighted by atomic mass is 15.0. The van der Waals surface area contributed by atoms with Crippen molar-refractivity contribution in [2.45, 2.75) is 6.92 Å². The Hall–Kier alpha value is -4.17. The Kier molecular flexibility index (Phi) is 4.58. The quantitative estimate of drug-likeness (QED) is 0.264. The van der Waals surface area contributed by atoms with Gasteiger partial charge in [0.2, 0.25) is 5.69 Å². The SMILES string of the molecule is Cc1ccc(-c2ccc(-n3c4ccccc4c4ccccc43)cc2)cc1-c1cccc[n+]1C. The molecule has 6 aromatic rings. The topological polar surface area (TPSA) is 8.81 Å². The second-order valence-electron chi connectivity index (χ2n) is 8.64. The zero-order valence-electron chi connectivity index (χ0n) is 18.9. The lowest BCUT2D eigenvalue weighted by Crippen LogP contribution is -2.30. The van der Waals surface area contributed by atoms with Gasteiger partial charge >= 0.3 is 0 Å². The molecular formula is C31H25N2+. The van der Waals surface area contributed by atoms with Crippen LogP contribution in [0.3, 0.4) is 0 Å². The average molecular weight is 426 g/mol. The summed E-state index contributed by atoms with van der Waals surface area (Å²) in [6, 6.07) is 39.3. The van der Waals surface area contributed by atoms with Crippen molar-refractivity contribution >= 4 is 21.8 Å². The fourth-order valence-electron chi connectivity index (χ4n) is 4.88. The van der Waals surface area contributed by atoms with Gasteiger partial charge in [0, 0.05) is 34.2 Å². The van der Waals surface area contributed by atoms with Crippen LogP contribution in [-0.2, 0) is 7.05 Å². The molecular weight excluding hydrogens is 400 g/mol. The van der Waals surface area contributed by atoms with Gasteiger partial charge in [-0.15, -0.1) is 0 Å². The summed E-state index contributed by atoms with van der Waals surface area (Å²) in [5.41, 5.74) is 9.87. The van der Waals surface area contributed by atoms with Gasteiger partial charge in [-0.25, -0.2) is 4.57 Å². The van der Waals surface area contributed by atoms with Crippen LogP contribution < -0.4 is 4.57 Å². The molecule has 0 aliphatic rings. The molecule has 0 radical (unpaired) electrons. The van der Waals surface area contributed by atoms with Crippen LogP contribution in [0.1, 0.15) is 5.56 Å². The molecule has 33 heavy (non-hydrogen) atoms. The molecule has 0 atom stereocenters. The maximum absolute atomic E-state index is 2.36. The lowest BCUT2D eigenvalue weighted by molar-refractivity contribution is -0.660. The standard InChI is InChI=1S/C31H25N2/c1-22-14-15-24(21-28(22)29-11-7-8-20-32(29)2)23-16-18-25(19-17-23)33-30-12-5-3-9-26(30)27-10-4-6-13-31(27)33/h3-21H,1-2H3/q+1. The molecule has 2 aromatic heterocycles. The Labute approximate surface area is 194 Å². The van der Waals surface area contributed by atoms with Gasteiger partial charge in [0.15, 0.2) is 6.20 Å². The van der Waals surface area contributed by atoms with Crippen LogP contribution >= 0.6 is 0 Å². The molecule has 0 spiro atoms. The normalized spacial score (nSPS) is 11.3. The molecule has 158 valence electrons. The van der Waals surface area contributed by atoms with Gasteiger partial charge in [0.05, 0.1) is 11.0 Å². The molecule has 6 rings (SSSR count). The van der Waals surface area contributed by atoms with Crippen LogP contribution in [0.5, 0.6) is 0 Å². The zero-order chi connectivity index (χ0) is 22.4. The van der Waals surface area contributed by atoms with E-state index >= 15 is 0 Å². The Morgan fingerprint density at radius 3 is 1.88 bits per heavy atom. The third kappa shape index (κ3) is 3.23. The fourth-order valence-corrected chi connectivity index (χ4v) is 4.88. The number of aryl methyl sites for hydroxylation is 2. The first-order valence-corrected chi connectivity index (χ1v) is 11.4. The molecule has 2 heterocycles. The summed E-state index contributed by atoms with van der Waals surface area (Å²) in [4.78, 5) is 0. The van der Waals surface area contributed by atoms with Crippen LogP contribution in [0.15, 0.2) is 115 Å². The summed E-state index contributed by atoms with van der Waals surface area (Å²) < 4.78 is 4.54. The maximum atomic E-state index is 2.36. The third-order valence-electron chi connectivity index (χ3n) is 6.61. The zero-order valence-corrected chi connectivity index (χ0v) is 18.9. The summed E-state index contributed by atoms with van der Waals surface area (Å²) in [7, 11) is 2.10. The van der Waals surface area contributed by atoms with Gasteiger partial charge in [-0.05, 0) is 60.0 Å². The number of rotatable bonds is 3. The second kappa shape index (κ2) is 7.75. The number of pyridine rings is 1. The highest BCUT2D eigenvalue weighted by Gasteiger charge is 2.14. The minimum absolute atomic E-state index is 1.18. The predicted octanol–water partition coefficient (Wildman–Crippen LogP) is 7.25. The molecule has 0 amide bonds. The van der Waals surface area contributed by atoms with Crippen LogP contribution in [0, 0.1) is 6.92 Å². The van der Waals surface area contributed by atoms with Crippen molar-refractivity contribution in [2.24, 2.45) is 7.05 Å². The number of hydrogen-bond donors (Lipinski definition) is 0. The molecule has 4 aromatic carbocycles. The van der Waals surface area contributed by atoms with E-state index in [0.29, 0.717) is 0 Å². The molecule has 0 unspecified atom stereocenters. The van der Waals surface area contributed by atoms with Crippen molar-refractivity contribution in [2.75, 3.05) is 0 Å². The largest absolute Gasteiger partial charge is 0.309 e. The minimum Gasteiger partial charge on any atom is -0.309 e. The Bertz CT molecular complexity index is 1570. The molecule has 2 heteroatoms. The highest BCUT2D eigenvalue weighted by Crippen LogP contribution is 2.33. The van der Waals surface area contributed by atoms with Crippen LogP contribution in [-0.4, -0.2) is 4.57 Å². The molecule has 0 aliphatic heterocycles. The summed E-state index contributed by atoms with van der Waals surface area (Å²) in [6.07, 6.45) is 2.10. The first-order chi connectivity index (χ1) is 16.2. The summed E-state index contributed by atoms with van der Waals surface area (Å²) >= 11 is 0. The van der Waals surface area contributed by atoms with Crippen molar-refractivity contribution in [3.8, 4) is 28.1 Å². The molecule has 2 nitrogen and oxygen atoms in total. The summed E-state index contributed by atoms with van der Waals surface area (Å²) in [5.74, 6) is 0. The van der Waals surface area contributed by atoms with E-state index < -0.39 is 0 Å². The maximum Gasteiger partial charge on any atom is 0.212 e. The van der Waals surface area contributed by atoms with Crippen molar-refractivity contribution in [1.82, 2.24) is 4.57 Å².